The average molecular weight is 574 g/mol. The van der Waals surface area contributed by atoms with E-state index in [4.69, 9.17) is 26.2 Å². The van der Waals surface area contributed by atoms with E-state index in [0.717, 1.165) is 66.3 Å². The van der Waals surface area contributed by atoms with Crippen molar-refractivity contribution in [3.63, 3.8) is 0 Å². The molecule has 2 aliphatic heterocycles. The highest BCUT2D eigenvalue weighted by Gasteiger charge is 2.30. The molecule has 41 heavy (non-hydrogen) atoms. The van der Waals surface area contributed by atoms with Crippen molar-refractivity contribution < 1.29 is 19.4 Å². The summed E-state index contributed by atoms with van der Waals surface area (Å²) in [4.78, 5) is 22.5. The van der Waals surface area contributed by atoms with Gasteiger partial charge in [-0.05, 0) is 61.7 Å². The van der Waals surface area contributed by atoms with Crippen molar-refractivity contribution in [2.45, 2.75) is 38.0 Å². The first kappa shape index (κ1) is 27.1. The number of benzene rings is 2. The van der Waals surface area contributed by atoms with Crippen molar-refractivity contribution in [3.05, 3.63) is 101 Å². The number of aryl methyl sites for hydroxylation is 1. The molecule has 6 rings (SSSR count). The number of piperidine rings is 1. The Morgan fingerprint density at radius 3 is 2.66 bits per heavy atom. The lowest BCUT2D eigenvalue weighted by Gasteiger charge is -2.34. The third-order valence-electron chi connectivity index (χ3n) is 7.89. The molecule has 0 saturated carbocycles. The largest absolute Gasteiger partial charge is 0.485 e. The molecule has 2 aliphatic rings. The van der Waals surface area contributed by atoms with E-state index in [0.29, 0.717) is 30.6 Å². The van der Waals surface area contributed by atoms with Crippen LogP contribution in [0.25, 0.3) is 6.08 Å². The maximum atomic E-state index is 11.1. The van der Waals surface area contributed by atoms with Crippen LogP contribution in [0.5, 0.6) is 11.5 Å². The number of carboxylic acids is 1. The van der Waals surface area contributed by atoms with Gasteiger partial charge in [-0.3, -0.25) is 4.90 Å². The van der Waals surface area contributed by atoms with E-state index in [1.165, 1.54) is 5.56 Å². The van der Waals surface area contributed by atoms with Gasteiger partial charge in [-0.1, -0.05) is 35.9 Å². The molecule has 1 N–H and O–H groups in total. The Kier molecular flexibility index (Phi) is 7.80. The van der Waals surface area contributed by atoms with E-state index in [2.05, 4.69) is 31.6 Å². The van der Waals surface area contributed by atoms with Crippen molar-refractivity contribution in [3.8, 4) is 11.5 Å². The molecule has 0 bridgehead atoms. The van der Waals surface area contributed by atoms with Gasteiger partial charge in [0.15, 0.2) is 17.6 Å². The lowest BCUT2D eigenvalue weighted by molar-refractivity contribution is -0.131. The van der Waals surface area contributed by atoms with E-state index in [-0.39, 0.29) is 6.10 Å². The van der Waals surface area contributed by atoms with Crippen LogP contribution in [-0.2, 0) is 24.9 Å². The molecule has 0 spiro atoms. The number of carboxylic acid groups (broad SMARTS) is 1. The van der Waals surface area contributed by atoms with E-state index in [1.807, 2.05) is 48.1 Å². The number of imidazole rings is 2. The predicted molar refractivity (Wildman–Crippen MR) is 155 cm³/mol. The topological polar surface area (TPSA) is 94.6 Å². The highest BCUT2D eigenvalue weighted by Crippen LogP contribution is 2.44. The van der Waals surface area contributed by atoms with Crippen molar-refractivity contribution in [1.29, 1.82) is 0 Å². The summed E-state index contributed by atoms with van der Waals surface area (Å²) < 4.78 is 16.7. The number of ether oxygens (including phenoxy) is 2. The zero-order valence-corrected chi connectivity index (χ0v) is 23.6. The second kappa shape index (κ2) is 11.8. The molecule has 10 heteroatoms. The fraction of sp³-hybridized carbons (Fsp3) is 0.323. The minimum absolute atomic E-state index is 0.165. The van der Waals surface area contributed by atoms with Gasteiger partial charge in [0.25, 0.3) is 0 Å². The monoisotopic (exact) mass is 573 g/mol. The van der Waals surface area contributed by atoms with Crippen molar-refractivity contribution >= 4 is 23.6 Å². The minimum atomic E-state index is -0.986. The van der Waals surface area contributed by atoms with Crippen LogP contribution in [0.15, 0.2) is 67.3 Å². The molecule has 1 saturated heterocycles. The van der Waals surface area contributed by atoms with Gasteiger partial charge in [0.2, 0.25) is 0 Å². The number of halogens is 1. The summed E-state index contributed by atoms with van der Waals surface area (Å²) in [5.41, 5.74) is 4.02. The van der Waals surface area contributed by atoms with Crippen molar-refractivity contribution in [1.82, 2.24) is 24.0 Å². The third-order valence-corrected chi connectivity index (χ3v) is 8.15. The Labute approximate surface area is 243 Å². The van der Waals surface area contributed by atoms with Crippen LogP contribution < -0.4 is 9.47 Å². The molecule has 4 aromatic rings. The van der Waals surface area contributed by atoms with Crippen LogP contribution in [0.4, 0.5) is 0 Å². The second-order valence-corrected chi connectivity index (χ2v) is 11.0. The van der Waals surface area contributed by atoms with E-state index in [1.54, 1.807) is 18.6 Å². The number of likely N-dealkylation sites (tertiary alicyclic amines) is 1. The Balaban J connectivity index is 1.13. The second-order valence-electron chi connectivity index (χ2n) is 10.5. The number of nitrogens with zero attached hydrogens (tertiary/aromatic N) is 5. The molecule has 0 unspecified atom stereocenters. The maximum Gasteiger partial charge on any atom is 0.328 e. The quantitative estimate of drug-likeness (QED) is 0.286. The SMILES string of the molecule is Cn1cncc1Cn1c(/C=C/C(=O)O)cnc1CN1CCC(c2cccc3c2OC[C@@H](c2ccc(Cl)cc2)O3)CC1. The molecular formula is C31H32ClN5O4. The average Bonchev–Trinajstić information content (AvgIpc) is 3.57. The number of aliphatic carboxylic acids is 1. The van der Waals surface area contributed by atoms with Gasteiger partial charge in [-0.15, -0.1) is 0 Å². The molecule has 9 nitrogen and oxygen atoms in total. The molecule has 0 amide bonds. The van der Waals surface area contributed by atoms with Crippen molar-refractivity contribution in [2.24, 2.45) is 7.05 Å². The molecule has 2 aromatic carbocycles. The van der Waals surface area contributed by atoms with Crippen LogP contribution in [-0.4, -0.2) is 54.8 Å². The Bertz CT molecular complexity index is 1550. The molecule has 0 radical (unpaired) electrons. The van der Waals surface area contributed by atoms with E-state index < -0.39 is 5.97 Å². The smallest absolute Gasteiger partial charge is 0.328 e. The first-order valence-electron chi connectivity index (χ1n) is 13.8. The summed E-state index contributed by atoms with van der Waals surface area (Å²) in [6, 6.07) is 13.9. The molecule has 0 aliphatic carbocycles. The summed E-state index contributed by atoms with van der Waals surface area (Å²) in [5.74, 6) is 1.93. The molecule has 212 valence electrons. The fourth-order valence-electron chi connectivity index (χ4n) is 5.62. The molecular weight excluding hydrogens is 542 g/mol. The fourth-order valence-corrected chi connectivity index (χ4v) is 5.74. The number of rotatable bonds is 8. The van der Waals surface area contributed by atoms with Gasteiger partial charge in [-0.2, -0.15) is 0 Å². The lowest BCUT2D eigenvalue weighted by atomic mass is 9.88. The maximum absolute atomic E-state index is 11.1. The minimum Gasteiger partial charge on any atom is -0.485 e. The van der Waals surface area contributed by atoms with Gasteiger partial charge in [-0.25, -0.2) is 14.8 Å². The van der Waals surface area contributed by atoms with E-state index >= 15 is 0 Å². The van der Waals surface area contributed by atoms with Gasteiger partial charge in [0, 0.05) is 29.9 Å². The first-order valence-corrected chi connectivity index (χ1v) is 14.1. The Morgan fingerprint density at radius 2 is 1.93 bits per heavy atom. The zero-order chi connectivity index (χ0) is 28.3. The molecule has 4 heterocycles. The Morgan fingerprint density at radius 1 is 1.12 bits per heavy atom. The summed E-state index contributed by atoms with van der Waals surface area (Å²) in [6.45, 7) is 3.54. The number of aromatic nitrogens is 4. The number of hydrogen-bond acceptors (Lipinski definition) is 6. The van der Waals surface area contributed by atoms with Crippen LogP contribution in [0, 0.1) is 0 Å². The summed E-state index contributed by atoms with van der Waals surface area (Å²) in [5, 5.41) is 9.84. The lowest BCUT2D eigenvalue weighted by Crippen LogP contribution is -2.34. The van der Waals surface area contributed by atoms with Gasteiger partial charge in [0.1, 0.15) is 12.4 Å². The van der Waals surface area contributed by atoms with Gasteiger partial charge >= 0.3 is 5.97 Å². The number of carbonyl (C=O) groups is 1. The number of para-hydroxylation sites is 1. The summed E-state index contributed by atoms with van der Waals surface area (Å²) in [7, 11) is 1.95. The third kappa shape index (κ3) is 6.01. The van der Waals surface area contributed by atoms with Gasteiger partial charge < -0.3 is 23.7 Å². The Hall–Kier alpha value is -4.08. The normalized spacial score (nSPS) is 17.8. The van der Waals surface area contributed by atoms with Gasteiger partial charge in [0.05, 0.1) is 37.0 Å². The summed E-state index contributed by atoms with van der Waals surface area (Å²) >= 11 is 6.05. The van der Waals surface area contributed by atoms with E-state index in [9.17, 15) is 4.79 Å². The van der Waals surface area contributed by atoms with Crippen LogP contribution in [0.1, 0.15) is 53.2 Å². The molecule has 2 aromatic heterocycles. The zero-order valence-electron chi connectivity index (χ0n) is 22.8. The highest BCUT2D eigenvalue weighted by atomic mass is 35.5. The van der Waals surface area contributed by atoms with Crippen LogP contribution in [0.2, 0.25) is 5.02 Å². The summed E-state index contributed by atoms with van der Waals surface area (Å²) in [6.07, 6.45) is 9.89. The number of fused-ring (bicyclic) bond motifs is 1. The molecule has 1 fully saturated rings. The van der Waals surface area contributed by atoms with Crippen LogP contribution in [0.3, 0.4) is 0 Å². The highest BCUT2D eigenvalue weighted by molar-refractivity contribution is 6.30. The number of hydrogen-bond donors (Lipinski definition) is 1. The van der Waals surface area contributed by atoms with Crippen LogP contribution >= 0.6 is 11.6 Å². The predicted octanol–water partition coefficient (Wildman–Crippen LogP) is 5.31. The standard InChI is InChI=1S/C31H32ClN5O4/c1-35-20-33-15-25(35)17-37-24(9-10-30(38)39)16-34-29(37)18-36-13-11-21(12-14-36)26-3-2-4-27-31(26)40-19-28(41-27)22-5-7-23(32)8-6-22/h2-10,15-16,20-21,28H,11-14,17-19H2,1H3,(H,38,39)/b10-9+/t28-/m0/s1. The first-order chi connectivity index (χ1) is 19.9. The molecule has 1 atom stereocenters. The van der Waals surface area contributed by atoms with Crippen molar-refractivity contribution in [2.75, 3.05) is 19.7 Å².